The van der Waals surface area contributed by atoms with Gasteiger partial charge in [0.2, 0.25) is 0 Å². The predicted octanol–water partition coefficient (Wildman–Crippen LogP) is 5.05. The summed E-state index contributed by atoms with van der Waals surface area (Å²) in [4.78, 5) is 0. The second-order valence-corrected chi connectivity index (χ2v) is 7.48. The fourth-order valence-corrected chi connectivity index (χ4v) is 4.12. The Kier molecular flexibility index (Phi) is 5.95. The van der Waals surface area contributed by atoms with Crippen LogP contribution in [0.1, 0.15) is 43.2 Å². The largest absolute Gasteiger partial charge is 0.0741 e. The van der Waals surface area contributed by atoms with Gasteiger partial charge in [0, 0.05) is 26.2 Å². The SMILES string of the molecule is Cc1ccc(-c2ccc(C)c3c2=CC(=CC2CCCCC2)C=3)cc1.[Zr]. The van der Waals surface area contributed by atoms with E-state index in [2.05, 4.69) is 68.5 Å². The van der Waals surface area contributed by atoms with Gasteiger partial charge < -0.3 is 0 Å². The predicted molar refractivity (Wildman–Crippen MR) is 104 cm³/mol. The van der Waals surface area contributed by atoms with Crippen LogP contribution in [0, 0.1) is 19.8 Å². The molecule has 0 unspecified atom stereocenters. The van der Waals surface area contributed by atoms with Crippen LogP contribution in [-0.2, 0) is 26.2 Å². The summed E-state index contributed by atoms with van der Waals surface area (Å²) in [7, 11) is 0. The van der Waals surface area contributed by atoms with E-state index in [1.54, 1.807) is 0 Å². The first-order chi connectivity index (χ1) is 11.7. The molecule has 2 aliphatic carbocycles. The number of fused-ring (bicyclic) bond motifs is 1. The molecule has 2 aliphatic rings. The summed E-state index contributed by atoms with van der Waals surface area (Å²) < 4.78 is 0. The number of benzene rings is 2. The fourth-order valence-electron chi connectivity index (χ4n) is 4.12. The van der Waals surface area contributed by atoms with E-state index in [0.29, 0.717) is 0 Å². The van der Waals surface area contributed by atoms with E-state index in [9.17, 15) is 0 Å². The zero-order valence-electron chi connectivity index (χ0n) is 15.3. The van der Waals surface area contributed by atoms with Gasteiger partial charge in [0.15, 0.2) is 0 Å². The van der Waals surface area contributed by atoms with Crippen molar-refractivity contribution in [3.05, 3.63) is 69.6 Å². The zero-order chi connectivity index (χ0) is 16.5. The van der Waals surface area contributed by atoms with E-state index in [-0.39, 0.29) is 26.2 Å². The van der Waals surface area contributed by atoms with Gasteiger partial charge in [0.25, 0.3) is 0 Å². The molecule has 4 rings (SSSR count). The molecule has 0 aromatic heterocycles. The number of aryl methyl sites for hydroxylation is 2. The Labute approximate surface area is 170 Å². The van der Waals surface area contributed by atoms with Crippen LogP contribution in [-0.4, -0.2) is 0 Å². The molecule has 0 amide bonds. The summed E-state index contributed by atoms with van der Waals surface area (Å²) in [5.74, 6) is 0.777. The monoisotopic (exact) mass is 404 g/mol. The quantitative estimate of drug-likeness (QED) is 0.656. The standard InChI is InChI=1S/C24H26.Zr/c1-17-8-11-21(12-9-17)22-13-10-18(2)23-15-20(16-24(22)23)14-19-6-4-3-5-7-19;/h8-16,19H,3-7H2,1-2H3;. The number of hydrogen-bond donors (Lipinski definition) is 0. The van der Waals surface area contributed by atoms with Crippen LogP contribution < -0.4 is 10.4 Å². The molecule has 2 aromatic carbocycles. The third kappa shape index (κ3) is 3.98. The first-order valence-electron chi connectivity index (χ1n) is 9.33. The molecule has 1 heteroatoms. The van der Waals surface area contributed by atoms with Gasteiger partial charge in [-0.3, -0.25) is 0 Å². The van der Waals surface area contributed by atoms with Gasteiger partial charge >= 0.3 is 0 Å². The van der Waals surface area contributed by atoms with Gasteiger partial charge in [-0.1, -0.05) is 67.3 Å². The maximum Gasteiger partial charge on any atom is 0 e. The molecule has 0 nitrogen and oxygen atoms in total. The molecule has 1 saturated carbocycles. The van der Waals surface area contributed by atoms with E-state index in [1.807, 2.05) is 0 Å². The molecule has 0 N–H and O–H groups in total. The number of allylic oxidation sites excluding steroid dienone is 2. The minimum atomic E-state index is 0. The molecule has 0 bridgehead atoms. The third-order valence-corrected chi connectivity index (χ3v) is 5.57. The first kappa shape index (κ1) is 18.6. The van der Waals surface area contributed by atoms with E-state index in [4.69, 9.17) is 0 Å². The van der Waals surface area contributed by atoms with Crippen LogP contribution in [0.25, 0.3) is 23.3 Å². The molecule has 0 saturated heterocycles. The topological polar surface area (TPSA) is 0 Å². The molecule has 2 aromatic rings. The summed E-state index contributed by atoms with van der Waals surface area (Å²) in [6, 6.07) is 13.5. The van der Waals surface area contributed by atoms with Crippen molar-refractivity contribution < 1.29 is 26.2 Å². The Morgan fingerprint density at radius 1 is 0.800 bits per heavy atom. The summed E-state index contributed by atoms with van der Waals surface area (Å²) in [5, 5.41) is 2.82. The maximum atomic E-state index is 2.53. The van der Waals surface area contributed by atoms with Crippen LogP contribution in [0.4, 0.5) is 0 Å². The van der Waals surface area contributed by atoms with Gasteiger partial charge in [0.1, 0.15) is 0 Å². The molecule has 25 heavy (non-hydrogen) atoms. The van der Waals surface area contributed by atoms with Crippen LogP contribution >= 0.6 is 0 Å². The van der Waals surface area contributed by atoms with Crippen molar-refractivity contribution in [1.29, 1.82) is 0 Å². The van der Waals surface area contributed by atoms with E-state index < -0.39 is 0 Å². The molecule has 0 atom stereocenters. The molecule has 0 heterocycles. The Balaban J connectivity index is 0.00000182. The smallest absolute Gasteiger partial charge is 0 e. The number of rotatable bonds is 2. The fraction of sp³-hybridized carbons (Fsp3) is 0.333. The van der Waals surface area contributed by atoms with Gasteiger partial charge in [-0.15, -0.1) is 0 Å². The van der Waals surface area contributed by atoms with Crippen molar-refractivity contribution in [1.82, 2.24) is 0 Å². The Bertz CT molecular complexity index is 894. The average Bonchev–Trinajstić information content (AvgIpc) is 3.02. The molecule has 126 valence electrons. The van der Waals surface area contributed by atoms with Crippen molar-refractivity contribution in [2.45, 2.75) is 46.0 Å². The van der Waals surface area contributed by atoms with Crippen molar-refractivity contribution in [3.63, 3.8) is 0 Å². The molecule has 1 fully saturated rings. The van der Waals surface area contributed by atoms with Crippen molar-refractivity contribution in [2.75, 3.05) is 0 Å². The van der Waals surface area contributed by atoms with E-state index in [0.717, 1.165) is 5.92 Å². The molecule has 0 radical (unpaired) electrons. The Hall–Kier alpha value is -1.20. The van der Waals surface area contributed by atoms with Crippen LogP contribution in [0.5, 0.6) is 0 Å². The average molecular weight is 406 g/mol. The van der Waals surface area contributed by atoms with Crippen LogP contribution in [0.2, 0.25) is 0 Å². The Morgan fingerprint density at radius 2 is 1.48 bits per heavy atom. The van der Waals surface area contributed by atoms with Crippen molar-refractivity contribution in [3.8, 4) is 11.1 Å². The van der Waals surface area contributed by atoms with Crippen LogP contribution in [0.15, 0.2) is 48.0 Å². The molecular formula is C24H26Zr. The second kappa shape index (κ2) is 8.00. The summed E-state index contributed by atoms with van der Waals surface area (Å²) in [5.41, 5.74) is 6.79. The molecule has 0 spiro atoms. The molecule has 0 aliphatic heterocycles. The summed E-state index contributed by atoms with van der Waals surface area (Å²) in [6.45, 7) is 4.37. The van der Waals surface area contributed by atoms with Gasteiger partial charge in [0.05, 0.1) is 0 Å². The van der Waals surface area contributed by atoms with Gasteiger partial charge in [-0.25, -0.2) is 0 Å². The third-order valence-electron chi connectivity index (χ3n) is 5.57. The molecular weight excluding hydrogens is 379 g/mol. The summed E-state index contributed by atoms with van der Waals surface area (Å²) in [6.07, 6.45) is 14.3. The summed E-state index contributed by atoms with van der Waals surface area (Å²) >= 11 is 0. The van der Waals surface area contributed by atoms with E-state index in [1.165, 1.54) is 70.4 Å². The zero-order valence-corrected chi connectivity index (χ0v) is 17.8. The van der Waals surface area contributed by atoms with Crippen LogP contribution in [0.3, 0.4) is 0 Å². The number of hydrogen-bond acceptors (Lipinski definition) is 0. The maximum absolute atomic E-state index is 2.53. The van der Waals surface area contributed by atoms with E-state index >= 15 is 0 Å². The van der Waals surface area contributed by atoms with Gasteiger partial charge in [-0.2, -0.15) is 0 Å². The van der Waals surface area contributed by atoms with Gasteiger partial charge in [-0.05, 0) is 77.5 Å². The second-order valence-electron chi connectivity index (χ2n) is 7.48. The first-order valence-corrected chi connectivity index (χ1v) is 9.33. The van der Waals surface area contributed by atoms with Crippen molar-refractivity contribution in [2.24, 2.45) is 5.92 Å². The Morgan fingerprint density at radius 3 is 2.20 bits per heavy atom. The van der Waals surface area contributed by atoms with Crippen molar-refractivity contribution >= 4 is 12.2 Å². The minimum Gasteiger partial charge on any atom is -0.0741 e. The normalized spacial score (nSPS) is 18.2. The minimum absolute atomic E-state index is 0.